The van der Waals surface area contributed by atoms with Crippen molar-refractivity contribution in [3.05, 3.63) is 24.0 Å². The van der Waals surface area contributed by atoms with Gasteiger partial charge in [0.25, 0.3) is 5.91 Å². The van der Waals surface area contributed by atoms with E-state index in [2.05, 4.69) is 9.17 Å². The van der Waals surface area contributed by atoms with Crippen molar-refractivity contribution in [3.8, 4) is 5.75 Å². The minimum Gasteiger partial charge on any atom is -0.357 e. The summed E-state index contributed by atoms with van der Waals surface area (Å²) in [7, 11) is -5.13. The summed E-state index contributed by atoms with van der Waals surface area (Å²) in [6.45, 7) is 2.58. The van der Waals surface area contributed by atoms with Gasteiger partial charge in [-0.2, -0.15) is 20.2 Å². The Morgan fingerprint density at radius 3 is 3.00 bits per heavy atom. The SMILES string of the molecule is CC1CSCCCN1C(=O)c1cncc(OS(=O)(=O)F)c1. The summed E-state index contributed by atoms with van der Waals surface area (Å²) in [6, 6.07) is 1.25. The lowest BCUT2D eigenvalue weighted by Crippen LogP contribution is -2.39. The third-order valence-electron chi connectivity index (χ3n) is 3.00. The van der Waals surface area contributed by atoms with Gasteiger partial charge in [-0.15, -0.1) is 0 Å². The van der Waals surface area contributed by atoms with E-state index < -0.39 is 10.5 Å². The number of rotatable bonds is 3. The highest BCUT2D eigenvalue weighted by atomic mass is 32.3. The molecule has 9 heteroatoms. The number of halogens is 1. The molecule has 21 heavy (non-hydrogen) atoms. The predicted octanol–water partition coefficient (Wildman–Crippen LogP) is 1.64. The molecule has 0 saturated carbocycles. The van der Waals surface area contributed by atoms with Crippen molar-refractivity contribution in [2.75, 3.05) is 18.1 Å². The highest BCUT2D eigenvalue weighted by Crippen LogP contribution is 2.20. The Bertz CT molecular complexity index is 623. The molecule has 1 unspecified atom stereocenters. The van der Waals surface area contributed by atoms with Gasteiger partial charge in [0, 0.05) is 24.5 Å². The number of pyridine rings is 1. The Kier molecular flexibility index (Phi) is 5.04. The largest absolute Gasteiger partial charge is 0.488 e. The summed E-state index contributed by atoms with van der Waals surface area (Å²) in [5.74, 6) is 1.25. The van der Waals surface area contributed by atoms with E-state index in [-0.39, 0.29) is 23.3 Å². The summed E-state index contributed by atoms with van der Waals surface area (Å²) in [5.41, 5.74) is 0.176. The fourth-order valence-electron chi connectivity index (χ4n) is 2.07. The van der Waals surface area contributed by atoms with Crippen molar-refractivity contribution in [1.29, 1.82) is 0 Å². The number of nitrogens with zero attached hydrogens (tertiary/aromatic N) is 2. The quantitative estimate of drug-likeness (QED) is 0.782. The Balaban J connectivity index is 2.20. The van der Waals surface area contributed by atoms with Gasteiger partial charge in [0.05, 0.1) is 11.8 Å². The molecule has 6 nitrogen and oxygen atoms in total. The minimum absolute atomic E-state index is 0.0690. The molecule has 116 valence electrons. The van der Waals surface area contributed by atoms with Crippen LogP contribution < -0.4 is 4.18 Å². The van der Waals surface area contributed by atoms with Crippen LogP contribution in [0.1, 0.15) is 23.7 Å². The Hall–Kier alpha value is -1.35. The van der Waals surface area contributed by atoms with Crippen LogP contribution in [0.2, 0.25) is 0 Å². The van der Waals surface area contributed by atoms with Crippen LogP contribution in [-0.2, 0) is 10.5 Å². The average Bonchev–Trinajstić information content (AvgIpc) is 2.61. The van der Waals surface area contributed by atoms with Crippen molar-refractivity contribution in [2.45, 2.75) is 19.4 Å². The zero-order valence-electron chi connectivity index (χ0n) is 11.4. The monoisotopic (exact) mass is 334 g/mol. The molecule has 0 spiro atoms. The summed E-state index contributed by atoms with van der Waals surface area (Å²) in [4.78, 5) is 17.9. The van der Waals surface area contributed by atoms with E-state index in [1.165, 1.54) is 12.3 Å². The number of hydrogen-bond donors (Lipinski definition) is 0. The molecule has 2 rings (SSSR count). The van der Waals surface area contributed by atoms with Crippen molar-refractivity contribution in [2.24, 2.45) is 0 Å². The first-order valence-electron chi connectivity index (χ1n) is 6.34. The van der Waals surface area contributed by atoms with Crippen LogP contribution in [0.5, 0.6) is 5.75 Å². The number of carbonyl (C=O) groups is 1. The second kappa shape index (κ2) is 6.61. The molecule has 1 aromatic rings. The van der Waals surface area contributed by atoms with E-state index in [9.17, 15) is 17.1 Å². The number of aromatic nitrogens is 1. The molecule has 1 aromatic heterocycles. The van der Waals surface area contributed by atoms with E-state index in [4.69, 9.17) is 0 Å². The van der Waals surface area contributed by atoms with E-state index in [1.807, 2.05) is 6.92 Å². The van der Waals surface area contributed by atoms with Crippen LogP contribution >= 0.6 is 11.8 Å². The molecule has 2 heterocycles. The zero-order valence-corrected chi connectivity index (χ0v) is 13.0. The molecule has 1 saturated heterocycles. The van der Waals surface area contributed by atoms with E-state index >= 15 is 0 Å². The fourth-order valence-corrected chi connectivity index (χ4v) is 3.41. The van der Waals surface area contributed by atoms with E-state index in [1.54, 1.807) is 16.7 Å². The topological polar surface area (TPSA) is 76.6 Å². The normalized spacial score (nSPS) is 19.9. The molecule has 1 fully saturated rings. The maximum absolute atomic E-state index is 12.5. The average molecular weight is 334 g/mol. The predicted molar refractivity (Wildman–Crippen MR) is 77.3 cm³/mol. The van der Waals surface area contributed by atoms with Crippen LogP contribution in [-0.4, -0.2) is 48.3 Å². The van der Waals surface area contributed by atoms with Crippen LogP contribution in [0.4, 0.5) is 3.89 Å². The number of hydrogen-bond acceptors (Lipinski definition) is 6. The minimum atomic E-state index is -5.13. The van der Waals surface area contributed by atoms with Gasteiger partial charge in [-0.1, -0.05) is 3.89 Å². The maximum Gasteiger partial charge on any atom is 0.488 e. The number of carbonyl (C=O) groups excluding carboxylic acids is 1. The summed E-state index contributed by atoms with van der Waals surface area (Å²) in [6.07, 6.45) is 3.24. The van der Waals surface area contributed by atoms with Crippen LogP contribution in [0, 0.1) is 0 Å². The van der Waals surface area contributed by atoms with Gasteiger partial charge < -0.3 is 9.08 Å². The second-order valence-corrected chi connectivity index (χ2v) is 6.76. The molecule has 1 aliphatic rings. The van der Waals surface area contributed by atoms with Crippen molar-refractivity contribution < 1.29 is 21.3 Å². The standard InChI is InChI=1S/C12H15FN2O4S2/c1-9-8-20-4-2-3-15(9)12(16)10-5-11(7-14-6-10)19-21(13,17)18/h5-7,9H,2-4,8H2,1H3. The summed E-state index contributed by atoms with van der Waals surface area (Å²) in [5, 5.41) is 0. The van der Waals surface area contributed by atoms with Gasteiger partial charge in [0.15, 0.2) is 5.75 Å². The third-order valence-corrected chi connectivity index (χ3v) is 4.68. The molecule has 0 N–H and O–H groups in total. The zero-order chi connectivity index (χ0) is 15.5. The van der Waals surface area contributed by atoms with Crippen molar-refractivity contribution in [3.63, 3.8) is 0 Å². The molecule has 1 atom stereocenters. The molecule has 0 aromatic carbocycles. The van der Waals surface area contributed by atoms with E-state index in [0.29, 0.717) is 6.54 Å². The Labute approximate surface area is 127 Å². The van der Waals surface area contributed by atoms with Crippen LogP contribution in [0.3, 0.4) is 0 Å². The molecule has 0 radical (unpaired) electrons. The highest BCUT2D eigenvalue weighted by Gasteiger charge is 2.24. The molecule has 1 aliphatic heterocycles. The van der Waals surface area contributed by atoms with E-state index in [0.717, 1.165) is 24.1 Å². The maximum atomic E-state index is 12.5. The van der Waals surface area contributed by atoms with Gasteiger partial charge in [-0.25, -0.2) is 0 Å². The van der Waals surface area contributed by atoms with Gasteiger partial charge in [-0.05, 0) is 25.2 Å². The Morgan fingerprint density at radius 2 is 2.29 bits per heavy atom. The summed E-state index contributed by atoms with van der Waals surface area (Å²) < 4.78 is 37.5. The highest BCUT2D eigenvalue weighted by molar-refractivity contribution is 7.99. The van der Waals surface area contributed by atoms with Crippen molar-refractivity contribution >= 4 is 28.2 Å². The first kappa shape index (κ1) is 16.0. The second-order valence-electron chi connectivity index (χ2n) is 4.66. The first-order valence-corrected chi connectivity index (χ1v) is 8.81. The van der Waals surface area contributed by atoms with Crippen LogP contribution in [0.25, 0.3) is 0 Å². The number of amides is 1. The lowest BCUT2D eigenvalue weighted by molar-refractivity contribution is 0.0712. The lowest BCUT2D eigenvalue weighted by atomic mass is 10.2. The number of thioether (sulfide) groups is 1. The third kappa shape index (κ3) is 4.57. The van der Waals surface area contributed by atoms with Crippen molar-refractivity contribution in [1.82, 2.24) is 9.88 Å². The van der Waals surface area contributed by atoms with Gasteiger partial charge in [0.2, 0.25) is 0 Å². The lowest BCUT2D eigenvalue weighted by Gasteiger charge is -2.26. The smallest absolute Gasteiger partial charge is 0.357 e. The molecule has 0 bridgehead atoms. The summed E-state index contributed by atoms with van der Waals surface area (Å²) >= 11 is 1.79. The van der Waals surface area contributed by atoms with Crippen LogP contribution in [0.15, 0.2) is 18.5 Å². The fraction of sp³-hybridized carbons (Fsp3) is 0.500. The first-order chi connectivity index (χ1) is 9.87. The van der Waals surface area contributed by atoms with Gasteiger partial charge >= 0.3 is 10.5 Å². The van der Waals surface area contributed by atoms with Gasteiger partial charge in [-0.3, -0.25) is 9.78 Å². The Morgan fingerprint density at radius 1 is 1.52 bits per heavy atom. The molecular weight excluding hydrogens is 319 g/mol. The van der Waals surface area contributed by atoms with Gasteiger partial charge in [0.1, 0.15) is 0 Å². The molecule has 1 amide bonds. The molecule has 0 aliphatic carbocycles. The molecular formula is C12H15FN2O4S2.